The van der Waals surface area contributed by atoms with E-state index in [1.165, 1.54) is 0 Å². The fraction of sp³-hybridized carbons (Fsp3) is 0.500. The molecule has 3 rings (SSSR count). The van der Waals surface area contributed by atoms with E-state index < -0.39 is 0 Å². The second-order valence-corrected chi connectivity index (χ2v) is 5.93. The number of carbonyl (C=O) groups is 1. The first kappa shape index (κ1) is 12.8. The zero-order valence-corrected chi connectivity index (χ0v) is 11.3. The van der Waals surface area contributed by atoms with Crippen LogP contribution in [0.1, 0.15) is 23.2 Å². The lowest BCUT2D eigenvalue weighted by Gasteiger charge is -2.19. The molecule has 0 bridgehead atoms. The van der Waals surface area contributed by atoms with Crippen molar-refractivity contribution < 1.29 is 9.90 Å². The highest BCUT2D eigenvalue weighted by atomic mass is 35.5. The van der Waals surface area contributed by atoms with E-state index in [2.05, 4.69) is 0 Å². The molecular formula is C14H17ClN2O2. The number of amides is 1. The van der Waals surface area contributed by atoms with Crippen LogP contribution in [0.5, 0.6) is 0 Å². The average molecular weight is 281 g/mol. The largest absolute Gasteiger partial charge is 0.399 e. The number of nitrogen functional groups attached to an aromatic ring is 1. The molecule has 1 saturated carbocycles. The van der Waals surface area contributed by atoms with E-state index in [9.17, 15) is 9.90 Å². The van der Waals surface area contributed by atoms with Gasteiger partial charge < -0.3 is 15.7 Å². The van der Waals surface area contributed by atoms with E-state index in [1.54, 1.807) is 23.1 Å². The highest BCUT2D eigenvalue weighted by molar-refractivity contribution is 6.34. The first-order valence-electron chi connectivity index (χ1n) is 6.58. The van der Waals surface area contributed by atoms with Crippen molar-refractivity contribution >= 4 is 23.2 Å². The molecule has 5 heteroatoms. The quantitative estimate of drug-likeness (QED) is 0.771. The normalized spacial score (nSPS) is 29.6. The second-order valence-electron chi connectivity index (χ2n) is 5.52. The molecule has 0 radical (unpaired) electrons. The number of rotatable bonds is 1. The molecular weight excluding hydrogens is 264 g/mol. The maximum Gasteiger partial charge on any atom is 0.255 e. The molecule has 1 aliphatic carbocycles. The monoisotopic (exact) mass is 280 g/mol. The van der Waals surface area contributed by atoms with Gasteiger partial charge in [0.1, 0.15) is 0 Å². The van der Waals surface area contributed by atoms with Gasteiger partial charge in [0.15, 0.2) is 0 Å². The number of benzene rings is 1. The van der Waals surface area contributed by atoms with Gasteiger partial charge >= 0.3 is 0 Å². The summed E-state index contributed by atoms with van der Waals surface area (Å²) in [6.07, 6.45) is 1.59. The van der Waals surface area contributed by atoms with E-state index in [1.807, 2.05) is 0 Å². The maximum absolute atomic E-state index is 12.5. The number of likely N-dealkylation sites (tertiary alicyclic amines) is 1. The molecule has 19 heavy (non-hydrogen) atoms. The Morgan fingerprint density at radius 1 is 1.37 bits per heavy atom. The van der Waals surface area contributed by atoms with Crippen molar-refractivity contribution in [2.75, 3.05) is 18.8 Å². The summed E-state index contributed by atoms with van der Waals surface area (Å²) in [5.74, 6) is 0.571. The van der Waals surface area contributed by atoms with Crippen LogP contribution in [0.3, 0.4) is 0 Å². The summed E-state index contributed by atoms with van der Waals surface area (Å²) < 4.78 is 0. The van der Waals surface area contributed by atoms with Gasteiger partial charge in [0.05, 0.1) is 16.7 Å². The summed E-state index contributed by atoms with van der Waals surface area (Å²) in [7, 11) is 0. The molecule has 1 aromatic carbocycles. The Morgan fingerprint density at radius 3 is 2.89 bits per heavy atom. The van der Waals surface area contributed by atoms with Gasteiger partial charge in [-0.3, -0.25) is 4.79 Å². The number of hydrogen-bond acceptors (Lipinski definition) is 3. The zero-order chi connectivity index (χ0) is 13.6. The lowest BCUT2D eigenvalue weighted by molar-refractivity contribution is 0.0752. The first-order valence-corrected chi connectivity index (χ1v) is 6.96. The lowest BCUT2D eigenvalue weighted by atomic mass is 10.00. The number of carbonyl (C=O) groups excluding carboxylic acids is 1. The molecule has 1 amide bonds. The van der Waals surface area contributed by atoms with Crippen molar-refractivity contribution in [1.29, 1.82) is 0 Å². The molecule has 4 nitrogen and oxygen atoms in total. The smallest absolute Gasteiger partial charge is 0.255 e. The van der Waals surface area contributed by atoms with Gasteiger partial charge in [0.2, 0.25) is 0 Å². The standard InChI is InChI=1S/C14H17ClN2O2/c15-12-3-2-9(16)5-10(12)14(19)17-6-8-1-4-13(18)11(8)7-17/h2-3,5,8,11,13,18H,1,4,6-7,16H2. The molecule has 0 aromatic heterocycles. The Kier molecular flexibility index (Phi) is 3.15. The Morgan fingerprint density at radius 2 is 2.16 bits per heavy atom. The highest BCUT2D eigenvalue weighted by Gasteiger charge is 2.43. The van der Waals surface area contributed by atoms with Gasteiger partial charge in [-0.25, -0.2) is 0 Å². The molecule has 3 N–H and O–H groups in total. The number of anilines is 1. The second kappa shape index (κ2) is 4.69. The number of nitrogens with zero attached hydrogens (tertiary/aromatic N) is 1. The Hall–Kier alpha value is -1.26. The molecule has 1 heterocycles. The predicted octanol–water partition coefficient (Wildman–Crippen LogP) is 1.77. The summed E-state index contributed by atoms with van der Waals surface area (Å²) >= 11 is 6.07. The average Bonchev–Trinajstić information content (AvgIpc) is 2.94. The van der Waals surface area contributed by atoms with Crippen LogP contribution in [0.2, 0.25) is 5.02 Å². The fourth-order valence-corrected chi connectivity index (χ4v) is 3.48. The topological polar surface area (TPSA) is 66.6 Å². The van der Waals surface area contributed by atoms with Gasteiger partial charge in [0, 0.05) is 24.7 Å². The third-order valence-corrected chi connectivity index (χ3v) is 4.66. The van der Waals surface area contributed by atoms with Crippen molar-refractivity contribution in [3.63, 3.8) is 0 Å². The first-order chi connectivity index (χ1) is 9.06. The zero-order valence-electron chi connectivity index (χ0n) is 10.6. The van der Waals surface area contributed by atoms with Crippen molar-refractivity contribution in [3.8, 4) is 0 Å². The van der Waals surface area contributed by atoms with E-state index in [0.717, 1.165) is 12.8 Å². The minimum absolute atomic E-state index is 0.0844. The number of hydrogen-bond donors (Lipinski definition) is 2. The summed E-state index contributed by atoms with van der Waals surface area (Å²) in [5.41, 5.74) is 6.70. The molecule has 1 aliphatic heterocycles. The van der Waals surface area contributed by atoms with E-state index in [0.29, 0.717) is 35.3 Å². The molecule has 2 fully saturated rings. The van der Waals surface area contributed by atoms with E-state index in [-0.39, 0.29) is 17.9 Å². The SMILES string of the molecule is Nc1ccc(Cl)c(C(=O)N2CC3CCC(O)C3C2)c1. The summed E-state index contributed by atoms with van der Waals surface area (Å²) in [6, 6.07) is 4.95. The van der Waals surface area contributed by atoms with Crippen molar-refractivity contribution in [1.82, 2.24) is 4.90 Å². The van der Waals surface area contributed by atoms with E-state index >= 15 is 0 Å². The van der Waals surface area contributed by atoms with E-state index in [4.69, 9.17) is 17.3 Å². The van der Waals surface area contributed by atoms with Gasteiger partial charge in [0.25, 0.3) is 5.91 Å². The fourth-order valence-electron chi connectivity index (χ4n) is 3.28. The Bertz CT molecular complexity index is 520. The maximum atomic E-state index is 12.5. The van der Waals surface area contributed by atoms with Crippen LogP contribution in [0.4, 0.5) is 5.69 Å². The number of aliphatic hydroxyl groups excluding tert-OH is 1. The number of nitrogens with two attached hydrogens (primary N) is 1. The molecule has 102 valence electrons. The highest BCUT2D eigenvalue weighted by Crippen LogP contribution is 2.38. The van der Waals surface area contributed by atoms with Gasteiger partial charge in [-0.15, -0.1) is 0 Å². The molecule has 1 saturated heterocycles. The summed E-state index contributed by atoms with van der Waals surface area (Å²) in [5, 5.41) is 10.3. The van der Waals surface area contributed by atoms with Crippen molar-refractivity contribution in [3.05, 3.63) is 28.8 Å². The molecule has 0 spiro atoms. The Balaban J connectivity index is 1.80. The summed E-state index contributed by atoms with van der Waals surface area (Å²) in [4.78, 5) is 14.3. The minimum Gasteiger partial charge on any atom is -0.399 e. The predicted molar refractivity (Wildman–Crippen MR) is 74.0 cm³/mol. The van der Waals surface area contributed by atoms with Gasteiger partial charge in [-0.1, -0.05) is 11.6 Å². The number of fused-ring (bicyclic) bond motifs is 1. The van der Waals surface area contributed by atoms with Crippen LogP contribution in [0, 0.1) is 11.8 Å². The number of halogens is 1. The molecule has 3 unspecified atom stereocenters. The Labute approximate surface area is 117 Å². The van der Waals surface area contributed by atoms with Gasteiger partial charge in [-0.2, -0.15) is 0 Å². The molecule has 2 aliphatic rings. The third kappa shape index (κ3) is 2.19. The van der Waals surface area contributed by atoms with Crippen LogP contribution in [0.15, 0.2) is 18.2 Å². The molecule has 1 aromatic rings. The van der Waals surface area contributed by atoms with Crippen LogP contribution in [0.25, 0.3) is 0 Å². The van der Waals surface area contributed by atoms with Gasteiger partial charge in [-0.05, 0) is 37.0 Å². The minimum atomic E-state index is -0.265. The van der Waals surface area contributed by atoms with Crippen LogP contribution >= 0.6 is 11.6 Å². The lowest BCUT2D eigenvalue weighted by Crippen LogP contribution is -2.31. The van der Waals surface area contributed by atoms with Crippen LogP contribution in [-0.2, 0) is 0 Å². The molecule has 3 atom stereocenters. The van der Waals surface area contributed by atoms with Crippen molar-refractivity contribution in [2.45, 2.75) is 18.9 Å². The van der Waals surface area contributed by atoms with Crippen LogP contribution in [-0.4, -0.2) is 35.1 Å². The van der Waals surface area contributed by atoms with Crippen molar-refractivity contribution in [2.24, 2.45) is 11.8 Å². The number of aliphatic hydroxyl groups is 1. The summed E-state index contributed by atoms with van der Waals surface area (Å²) in [6.45, 7) is 1.33. The van der Waals surface area contributed by atoms with Crippen LogP contribution < -0.4 is 5.73 Å². The third-order valence-electron chi connectivity index (χ3n) is 4.33.